The Bertz CT molecular complexity index is 569. The molecule has 1 N–H and O–H groups in total. The van der Waals surface area contributed by atoms with E-state index in [-0.39, 0.29) is 5.69 Å². The molecule has 1 aromatic rings. The molecule has 1 aromatic carbocycles. The minimum absolute atomic E-state index is 0.273. The smallest absolute Gasteiger partial charge is 0.424 e. The number of ether oxygens (including phenoxy) is 2. The Hall–Kier alpha value is -2.57. The second-order valence-corrected chi connectivity index (χ2v) is 7.11. The van der Waals surface area contributed by atoms with Crippen LogP contribution in [-0.4, -0.2) is 29.8 Å². The average molecular weight is 336 g/mol. The zero-order valence-corrected chi connectivity index (χ0v) is 14.9. The Morgan fingerprint density at radius 1 is 0.917 bits per heavy atom. The molecule has 0 bridgehead atoms. The summed E-state index contributed by atoms with van der Waals surface area (Å²) >= 11 is 0. The van der Waals surface area contributed by atoms with Crippen LogP contribution in [0.1, 0.15) is 41.5 Å². The Morgan fingerprint density at radius 2 is 1.33 bits per heavy atom. The van der Waals surface area contributed by atoms with Crippen LogP contribution in [0, 0.1) is 0 Å². The standard InChI is InChI=1S/C17H24N2O5/c1-16(2,3)23-14(21)19(15(22)24-17(4,5)6)13-9-7-12(8-10-13)18-11-20/h7-11H,1-6H3,(H,18,20). The summed E-state index contributed by atoms with van der Waals surface area (Å²) in [6.07, 6.45) is -1.14. The monoisotopic (exact) mass is 336 g/mol. The number of amides is 3. The van der Waals surface area contributed by atoms with E-state index in [2.05, 4.69) is 5.32 Å². The van der Waals surface area contributed by atoms with Gasteiger partial charge in [0.2, 0.25) is 6.41 Å². The number of imide groups is 1. The predicted octanol–water partition coefficient (Wildman–Crippen LogP) is 3.93. The molecular weight excluding hydrogens is 312 g/mol. The van der Waals surface area contributed by atoms with Crippen molar-refractivity contribution in [3.8, 4) is 0 Å². The molecule has 0 radical (unpaired) electrons. The van der Waals surface area contributed by atoms with Crippen molar-refractivity contribution in [2.75, 3.05) is 10.2 Å². The number of carbonyl (C=O) groups is 3. The zero-order chi connectivity index (χ0) is 18.5. The van der Waals surface area contributed by atoms with E-state index in [1.54, 1.807) is 53.7 Å². The third-order valence-electron chi connectivity index (χ3n) is 2.50. The van der Waals surface area contributed by atoms with Crippen LogP contribution < -0.4 is 10.2 Å². The molecule has 0 spiro atoms. The maximum atomic E-state index is 12.4. The van der Waals surface area contributed by atoms with Gasteiger partial charge in [0.1, 0.15) is 11.2 Å². The maximum absolute atomic E-state index is 12.4. The Balaban J connectivity index is 3.14. The number of anilines is 2. The normalized spacial score (nSPS) is 11.4. The van der Waals surface area contributed by atoms with Gasteiger partial charge in [0.05, 0.1) is 5.69 Å². The molecule has 7 nitrogen and oxygen atoms in total. The molecule has 0 unspecified atom stereocenters. The summed E-state index contributed by atoms with van der Waals surface area (Å²) in [7, 11) is 0. The minimum Gasteiger partial charge on any atom is -0.443 e. The summed E-state index contributed by atoms with van der Waals surface area (Å²) < 4.78 is 10.6. The van der Waals surface area contributed by atoms with Crippen LogP contribution in [0.5, 0.6) is 0 Å². The molecule has 3 amide bonds. The van der Waals surface area contributed by atoms with Crippen molar-refractivity contribution in [3.05, 3.63) is 24.3 Å². The number of rotatable bonds is 3. The second-order valence-electron chi connectivity index (χ2n) is 7.11. The lowest BCUT2D eigenvalue weighted by atomic mass is 10.2. The van der Waals surface area contributed by atoms with Gasteiger partial charge in [0, 0.05) is 5.69 Å². The van der Waals surface area contributed by atoms with E-state index in [1.807, 2.05) is 0 Å². The lowest BCUT2D eigenvalue weighted by Crippen LogP contribution is -2.43. The van der Waals surface area contributed by atoms with Gasteiger partial charge in [-0.05, 0) is 65.8 Å². The Kier molecular flexibility index (Phi) is 5.95. The molecule has 0 saturated heterocycles. The topological polar surface area (TPSA) is 84.9 Å². The van der Waals surface area contributed by atoms with E-state index in [4.69, 9.17) is 9.47 Å². The third-order valence-corrected chi connectivity index (χ3v) is 2.50. The highest BCUT2D eigenvalue weighted by molar-refractivity contribution is 6.09. The maximum Gasteiger partial charge on any atom is 0.424 e. The highest BCUT2D eigenvalue weighted by atomic mass is 16.6. The second kappa shape index (κ2) is 7.33. The number of nitrogens with one attached hydrogen (secondary N) is 1. The van der Waals surface area contributed by atoms with Gasteiger partial charge >= 0.3 is 12.2 Å². The van der Waals surface area contributed by atoms with Gasteiger partial charge in [-0.15, -0.1) is 0 Å². The highest BCUT2D eigenvalue weighted by Crippen LogP contribution is 2.23. The van der Waals surface area contributed by atoms with Crippen LogP contribution in [0.15, 0.2) is 24.3 Å². The lowest BCUT2D eigenvalue weighted by molar-refractivity contribution is -0.105. The van der Waals surface area contributed by atoms with Gasteiger partial charge in [-0.25, -0.2) is 9.59 Å². The van der Waals surface area contributed by atoms with Crippen molar-refractivity contribution < 1.29 is 23.9 Å². The fraction of sp³-hybridized carbons (Fsp3) is 0.471. The molecule has 0 heterocycles. The van der Waals surface area contributed by atoms with Crippen LogP contribution in [0.2, 0.25) is 0 Å². The van der Waals surface area contributed by atoms with E-state index >= 15 is 0 Å². The Morgan fingerprint density at radius 3 is 1.67 bits per heavy atom. The number of hydrogen-bond acceptors (Lipinski definition) is 5. The van der Waals surface area contributed by atoms with Crippen molar-refractivity contribution in [2.45, 2.75) is 52.7 Å². The summed E-state index contributed by atoms with van der Waals surface area (Å²) in [6.45, 7) is 10.2. The number of hydrogen-bond donors (Lipinski definition) is 1. The first-order chi connectivity index (χ1) is 10.9. The van der Waals surface area contributed by atoms with Crippen molar-refractivity contribution >= 4 is 30.0 Å². The molecular formula is C17H24N2O5. The molecule has 24 heavy (non-hydrogen) atoms. The van der Waals surface area contributed by atoms with Crippen LogP contribution >= 0.6 is 0 Å². The summed E-state index contributed by atoms with van der Waals surface area (Å²) in [4.78, 5) is 36.1. The fourth-order valence-electron chi connectivity index (χ4n) is 1.68. The van der Waals surface area contributed by atoms with E-state index in [0.29, 0.717) is 12.1 Å². The summed E-state index contributed by atoms with van der Waals surface area (Å²) in [5.41, 5.74) is -0.732. The van der Waals surface area contributed by atoms with E-state index in [0.717, 1.165) is 4.90 Å². The predicted molar refractivity (Wildman–Crippen MR) is 91.1 cm³/mol. The largest absolute Gasteiger partial charge is 0.443 e. The first-order valence-corrected chi connectivity index (χ1v) is 7.49. The summed E-state index contributed by atoms with van der Waals surface area (Å²) in [6, 6.07) is 6.15. The quantitative estimate of drug-likeness (QED) is 0.845. The molecule has 0 atom stereocenters. The first kappa shape index (κ1) is 19.5. The molecule has 0 aliphatic carbocycles. The van der Waals surface area contributed by atoms with Crippen molar-refractivity contribution in [3.63, 3.8) is 0 Å². The van der Waals surface area contributed by atoms with E-state index in [1.165, 1.54) is 12.1 Å². The zero-order valence-electron chi connectivity index (χ0n) is 14.9. The van der Waals surface area contributed by atoms with Gasteiger partial charge in [-0.2, -0.15) is 4.90 Å². The van der Waals surface area contributed by atoms with Crippen LogP contribution in [0.4, 0.5) is 21.0 Å². The van der Waals surface area contributed by atoms with E-state index < -0.39 is 23.4 Å². The molecule has 0 aliphatic heterocycles. The molecule has 1 rings (SSSR count). The third kappa shape index (κ3) is 6.28. The van der Waals surface area contributed by atoms with Crippen LogP contribution in [0.25, 0.3) is 0 Å². The van der Waals surface area contributed by atoms with Crippen LogP contribution in [-0.2, 0) is 14.3 Å². The SMILES string of the molecule is CC(C)(C)OC(=O)N(C(=O)OC(C)(C)C)c1ccc(NC=O)cc1. The molecule has 0 aliphatic rings. The Labute approximate surface area is 141 Å². The molecule has 7 heteroatoms. The van der Waals surface area contributed by atoms with E-state index in [9.17, 15) is 14.4 Å². The summed E-state index contributed by atoms with van der Waals surface area (Å²) in [5, 5.41) is 2.48. The molecule has 0 saturated carbocycles. The first-order valence-electron chi connectivity index (χ1n) is 7.49. The van der Waals surface area contributed by atoms with Gasteiger partial charge in [0.25, 0.3) is 0 Å². The van der Waals surface area contributed by atoms with Crippen molar-refractivity contribution in [1.29, 1.82) is 0 Å². The van der Waals surface area contributed by atoms with Gasteiger partial charge in [-0.1, -0.05) is 0 Å². The highest BCUT2D eigenvalue weighted by Gasteiger charge is 2.32. The molecule has 0 aromatic heterocycles. The minimum atomic E-state index is -0.840. The van der Waals surface area contributed by atoms with Crippen molar-refractivity contribution in [1.82, 2.24) is 0 Å². The number of carbonyl (C=O) groups excluding carboxylic acids is 3. The molecule has 132 valence electrons. The number of benzene rings is 1. The van der Waals surface area contributed by atoms with Gasteiger partial charge in [-0.3, -0.25) is 4.79 Å². The van der Waals surface area contributed by atoms with Gasteiger partial charge in [0.15, 0.2) is 0 Å². The fourth-order valence-corrected chi connectivity index (χ4v) is 1.68. The summed E-state index contributed by atoms with van der Waals surface area (Å²) in [5.74, 6) is 0. The average Bonchev–Trinajstić information content (AvgIpc) is 2.37. The molecule has 0 fully saturated rings. The van der Waals surface area contributed by atoms with Gasteiger partial charge < -0.3 is 14.8 Å². The number of nitrogens with zero attached hydrogens (tertiary/aromatic N) is 1. The van der Waals surface area contributed by atoms with Crippen molar-refractivity contribution in [2.24, 2.45) is 0 Å². The van der Waals surface area contributed by atoms with Crippen LogP contribution in [0.3, 0.4) is 0 Å². The lowest BCUT2D eigenvalue weighted by Gasteiger charge is -2.28.